The topological polar surface area (TPSA) is 32.3 Å². The van der Waals surface area contributed by atoms with Gasteiger partial charge in [-0.25, -0.2) is 0 Å². The van der Waals surface area contributed by atoms with E-state index in [9.17, 15) is 4.79 Å². The molecule has 2 heterocycles. The van der Waals surface area contributed by atoms with Crippen LogP contribution in [-0.4, -0.2) is 30.4 Å². The highest BCUT2D eigenvalue weighted by molar-refractivity contribution is 5.84. The van der Waals surface area contributed by atoms with Gasteiger partial charge < -0.3 is 10.2 Å². The van der Waals surface area contributed by atoms with E-state index >= 15 is 0 Å². The average Bonchev–Trinajstić information content (AvgIpc) is 2.53. The number of carbonyl (C=O) groups is 1. The van der Waals surface area contributed by atoms with Gasteiger partial charge in [-0.1, -0.05) is 45.0 Å². The van der Waals surface area contributed by atoms with Gasteiger partial charge in [0.05, 0.1) is 5.41 Å². The lowest BCUT2D eigenvalue weighted by atomic mass is 9.73. The third kappa shape index (κ3) is 3.45. The highest BCUT2D eigenvalue weighted by Crippen LogP contribution is 2.37. The molecule has 0 bridgehead atoms. The zero-order chi connectivity index (χ0) is 16.5. The van der Waals surface area contributed by atoms with Crippen molar-refractivity contribution in [3.63, 3.8) is 0 Å². The molecule has 3 nitrogen and oxygen atoms in total. The van der Waals surface area contributed by atoms with Gasteiger partial charge in [-0.2, -0.15) is 0 Å². The molecule has 0 aliphatic carbocycles. The van der Waals surface area contributed by atoms with E-state index in [2.05, 4.69) is 55.3 Å². The first-order valence-corrected chi connectivity index (χ1v) is 9.00. The Hall–Kier alpha value is -1.35. The Morgan fingerprint density at radius 2 is 1.83 bits per heavy atom. The Morgan fingerprint density at radius 1 is 1.13 bits per heavy atom. The van der Waals surface area contributed by atoms with Gasteiger partial charge in [0.1, 0.15) is 0 Å². The molecule has 0 saturated carbocycles. The number of hydrogen-bond acceptors (Lipinski definition) is 2. The first-order chi connectivity index (χ1) is 10.9. The SMILES string of the molecule is CC(C)(C)c1ccc(CN2CCCC3(CCCNC3)C2=O)cc1. The van der Waals surface area contributed by atoms with E-state index in [0.717, 1.165) is 51.9 Å². The normalized spacial score (nSPS) is 25.9. The molecule has 1 N–H and O–H groups in total. The molecule has 0 aromatic heterocycles. The molecular formula is C20H30N2O. The number of hydrogen-bond donors (Lipinski definition) is 1. The minimum atomic E-state index is -0.123. The number of likely N-dealkylation sites (tertiary alicyclic amines) is 1. The van der Waals surface area contributed by atoms with Crippen LogP contribution >= 0.6 is 0 Å². The predicted molar refractivity (Wildman–Crippen MR) is 94.3 cm³/mol. The van der Waals surface area contributed by atoms with Crippen molar-refractivity contribution in [3.8, 4) is 0 Å². The molecule has 2 fully saturated rings. The molecule has 2 saturated heterocycles. The minimum absolute atomic E-state index is 0.123. The van der Waals surface area contributed by atoms with Gasteiger partial charge in [-0.05, 0) is 48.8 Å². The van der Waals surface area contributed by atoms with Gasteiger partial charge in [0.15, 0.2) is 0 Å². The fraction of sp³-hybridized carbons (Fsp3) is 0.650. The van der Waals surface area contributed by atoms with E-state index in [4.69, 9.17) is 0 Å². The third-order valence-corrected chi connectivity index (χ3v) is 5.49. The zero-order valence-electron chi connectivity index (χ0n) is 14.8. The van der Waals surface area contributed by atoms with Crippen LogP contribution in [0.2, 0.25) is 0 Å². The quantitative estimate of drug-likeness (QED) is 0.906. The Labute approximate surface area is 140 Å². The van der Waals surface area contributed by atoms with Gasteiger partial charge in [0.2, 0.25) is 5.91 Å². The number of piperidine rings is 2. The highest BCUT2D eigenvalue weighted by atomic mass is 16.2. The van der Waals surface area contributed by atoms with Crippen LogP contribution in [0.5, 0.6) is 0 Å². The predicted octanol–water partition coefficient (Wildman–Crippen LogP) is 3.48. The maximum atomic E-state index is 13.0. The Morgan fingerprint density at radius 3 is 2.43 bits per heavy atom. The van der Waals surface area contributed by atoms with Crippen molar-refractivity contribution >= 4 is 5.91 Å². The van der Waals surface area contributed by atoms with Crippen molar-refractivity contribution in [2.24, 2.45) is 5.41 Å². The Balaban J connectivity index is 1.71. The van der Waals surface area contributed by atoms with E-state index in [-0.39, 0.29) is 10.8 Å². The smallest absolute Gasteiger partial charge is 0.230 e. The summed E-state index contributed by atoms with van der Waals surface area (Å²) in [6.07, 6.45) is 4.37. The number of nitrogens with one attached hydrogen (secondary N) is 1. The van der Waals surface area contributed by atoms with Crippen molar-refractivity contribution in [1.29, 1.82) is 0 Å². The standard InChI is InChI=1S/C20H30N2O/c1-19(2,3)17-8-6-16(7-9-17)14-22-13-5-11-20(18(22)23)10-4-12-21-15-20/h6-9,21H,4-5,10-15H2,1-3H3. The Bertz CT molecular complexity index is 544. The molecule has 3 heteroatoms. The van der Waals surface area contributed by atoms with Crippen LogP contribution in [0.4, 0.5) is 0 Å². The largest absolute Gasteiger partial charge is 0.338 e. The summed E-state index contributed by atoms with van der Waals surface area (Å²) in [6.45, 7) is 10.3. The maximum Gasteiger partial charge on any atom is 0.230 e. The molecule has 3 rings (SSSR count). The fourth-order valence-electron chi connectivity index (χ4n) is 4.00. The van der Waals surface area contributed by atoms with Crippen molar-refractivity contribution in [2.45, 2.75) is 58.4 Å². The molecule has 1 unspecified atom stereocenters. The van der Waals surface area contributed by atoms with Gasteiger partial charge >= 0.3 is 0 Å². The van der Waals surface area contributed by atoms with Crippen LogP contribution in [-0.2, 0) is 16.8 Å². The molecule has 1 aromatic rings. The first-order valence-electron chi connectivity index (χ1n) is 9.00. The summed E-state index contributed by atoms with van der Waals surface area (Å²) < 4.78 is 0. The van der Waals surface area contributed by atoms with Gasteiger partial charge in [-0.3, -0.25) is 4.79 Å². The van der Waals surface area contributed by atoms with E-state index in [1.165, 1.54) is 11.1 Å². The van der Waals surface area contributed by atoms with Crippen molar-refractivity contribution in [3.05, 3.63) is 35.4 Å². The monoisotopic (exact) mass is 314 g/mol. The molecule has 1 amide bonds. The first kappa shape index (κ1) is 16.5. The second-order valence-corrected chi connectivity index (χ2v) is 8.34. The van der Waals surface area contributed by atoms with Crippen LogP contribution in [0.1, 0.15) is 57.6 Å². The number of benzene rings is 1. The summed E-state index contributed by atoms with van der Waals surface area (Å²) in [7, 11) is 0. The highest BCUT2D eigenvalue weighted by Gasteiger charge is 2.44. The van der Waals surface area contributed by atoms with Crippen molar-refractivity contribution < 1.29 is 4.79 Å². The lowest BCUT2D eigenvalue weighted by Crippen LogP contribution is -2.54. The third-order valence-electron chi connectivity index (χ3n) is 5.49. The van der Waals surface area contributed by atoms with Crippen LogP contribution in [0.3, 0.4) is 0 Å². The zero-order valence-corrected chi connectivity index (χ0v) is 14.8. The molecule has 2 aliphatic rings. The summed E-state index contributed by atoms with van der Waals surface area (Å²) in [5.74, 6) is 0.371. The molecule has 0 radical (unpaired) electrons. The van der Waals surface area contributed by atoms with Crippen LogP contribution in [0, 0.1) is 5.41 Å². The molecule has 23 heavy (non-hydrogen) atoms. The van der Waals surface area contributed by atoms with Crippen molar-refractivity contribution in [1.82, 2.24) is 10.2 Å². The lowest BCUT2D eigenvalue weighted by molar-refractivity contribution is -0.148. The molecular weight excluding hydrogens is 284 g/mol. The Kier molecular flexibility index (Phi) is 4.50. The summed E-state index contributed by atoms with van der Waals surface area (Å²) in [4.78, 5) is 15.1. The molecule has 1 spiro atoms. The van der Waals surface area contributed by atoms with Crippen LogP contribution in [0.25, 0.3) is 0 Å². The van der Waals surface area contributed by atoms with E-state index in [1.54, 1.807) is 0 Å². The van der Waals surface area contributed by atoms with Gasteiger partial charge in [0.25, 0.3) is 0 Å². The lowest BCUT2D eigenvalue weighted by Gasteiger charge is -2.44. The van der Waals surface area contributed by atoms with E-state index < -0.39 is 0 Å². The average molecular weight is 314 g/mol. The molecule has 1 atom stereocenters. The van der Waals surface area contributed by atoms with Gasteiger partial charge in [-0.15, -0.1) is 0 Å². The summed E-state index contributed by atoms with van der Waals surface area (Å²) in [5, 5.41) is 3.44. The number of nitrogens with zero attached hydrogens (tertiary/aromatic N) is 1. The minimum Gasteiger partial charge on any atom is -0.338 e. The number of carbonyl (C=O) groups excluding carboxylic acids is 1. The van der Waals surface area contributed by atoms with Gasteiger partial charge in [0, 0.05) is 19.6 Å². The second-order valence-electron chi connectivity index (χ2n) is 8.34. The van der Waals surface area contributed by atoms with Crippen molar-refractivity contribution in [2.75, 3.05) is 19.6 Å². The fourth-order valence-corrected chi connectivity index (χ4v) is 4.00. The summed E-state index contributed by atoms with van der Waals surface area (Å²) >= 11 is 0. The maximum absolute atomic E-state index is 13.0. The number of amides is 1. The second kappa shape index (κ2) is 6.27. The van der Waals surface area contributed by atoms with Crippen LogP contribution < -0.4 is 5.32 Å². The van der Waals surface area contributed by atoms with E-state index in [0.29, 0.717) is 5.91 Å². The molecule has 1 aromatic carbocycles. The number of rotatable bonds is 2. The summed E-state index contributed by atoms with van der Waals surface area (Å²) in [6, 6.07) is 8.80. The summed E-state index contributed by atoms with van der Waals surface area (Å²) in [5.41, 5.74) is 2.64. The molecule has 2 aliphatic heterocycles. The molecule has 126 valence electrons. The van der Waals surface area contributed by atoms with E-state index in [1.807, 2.05) is 0 Å². The van der Waals surface area contributed by atoms with Crippen LogP contribution in [0.15, 0.2) is 24.3 Å².